The molecule has 0 aliphatic heterocycles. The van der Waals surface area contributed by atoms with Crippen molar-refractivity contribution < 1.29 is 0 Å². The van der Waals surface area contributed by atoms with Crippen LogP contribution in [0.2, 0.25) is 10.0 Å². The molecule has 110 valence electrons. The van der Waals surface area contributed by atoms with Crippen molar-refractivity contribution >= 4 is 46.1 Å². The molecular formula is C16H16Cl2N2S. The molecule has 2 aromatic carbocycles. The Morgan fingerprint density at radius 1 is 1.10 bits per heavy atom. The molecule has 0 spiro atoms. The van der Waals surface area contributed by atoms with Gasteiger partial charge < -0.3 is 10.6 Å². The molecule has 0 fully saturated rings. The smallest absolute Gasteiger partial charge is 0.106 e. The second kappa shape index (κ2) is 6.65. The van der Waals surface area contributed by atoms with Gasteiger partial charge in [0.15, 0.2) is 0 Å². The zero-order valence-electron chi connectivity index (χ0n) is 11.8. The van der Waals surface area contributed by atoms with Crippen LogP contribution in [0.4, 0.5) is 5.69 Å². The number of thiocarbonyl (C=S) groups is 1. The SMILES string of the molecule is CC(c1ccc(Cl)cc1)N(C)c1ccc(Cl)cc1C(N)=S. The fraction of sp³-hybridized carbons (Fsp3) is 0.188. The Hall–Kier alpha value is -1.29. The molecular weight excluding hydrogens is 323 g/mol. The minimum atomic E-state index is 0.150. The van der Waals surface area contributed by atoms with E-state index in [2.05, 4.69) is 11.8 Å². The Kier molecular flexibility index (Phi) is 5.09. The highest BCUT2D eigenvalue weighted by Crippen LogP contribution is 2.30. The molecule has 2 N–H and O–H groups in total. The summed E-state index contributed by atoms with van der Waals surface area (Å²) in [5, 5.41) is 1.35. The van der Waals surface area contributed by atoms with Gasteiger partial charge in [0.05, 0.1) is 6.04 Å². The van der Waals surface area contributed by atoms with E-state index in [0.29, 0.717) is 10.0 Å². The predicted octanol–water partition coefficient (Wildman–Crippen LogP) is 4.83. The molecule has 0 bridgehead atoms. The van der Waals surface area contributed by atoms with E-state index in [1.54, 1.807) is 6.07 Å². The third kappa shape index (κ3) is 3.67. The molecule has 5 heteroatoms. The Morgan fingerprint density at radius 2 is 1.67 bits per heavy atom. The molecule has 0 aliphatic carbocycles. The molecule has 0 heterocycles. The Balaban J connectivity index is 2.37. The number of nitrogens with zero attached hydrogens (tertiary/aromatic N) is 1. The second-order valence-corrected chi connectivity index (χ2v) is 6.18. The Morgan fingerprint density at radius 3 is 2.24 bits per heavy atom. The standard InChI is InChI=1S/C16H16Cl2N2S/c1-10(11-3-5-12(17)6-4-11)20(2)15-8-7-13(18)9-14(15)16(19)21/h3-10H,1-2H3,(H2,19,21). The van der Waals surface area contributed by atoms with Crippen LogP contribution in [0.1, 0.15) is 24.1 Å². The van der Waals surface area contributed by atoms with E-state index in [1.165, 1.54) is 0 Å². The summed E-state index contributed by atoms with van der Waals surface area (Å²) in [4.78, 5) is 2.45. The molecule has 0 saturated carbocycles. The highest BCUT2D eigenvalue weighted by Gasteiger charge is 2.16. The molecule has 2 nitrogen and oxygen atoms in total. The summed E-state index contributed by atoms with van der Waals surface area (Å²) >= 11 is 17.1. The van der Waals surface area contributed by atoms with E-state index in [1.807, 2.05) is 43.4 Å². The van der Waals surface area contributed by atoms with Gasteiger partial charge in [0.1, 0.15) is 4.99 Å². The lowest BCUT2D eigenvalue weighted by atomic mass is 10.1. The zero-order valence-corrected chi connectivity index (χ0v) is 14.1. The van der Waals surface area contributed by atoms with Crippen LogP contribution in [0.15, 0.2) is 42.5 Å². The number of benzene rings is 2. The summed E-state index contributed by atoms with van der Waals surface area (Å²) in [6.07, 6.45) is 0. The first kappa shape index (κ1) is 16.1. The van der Waals surface area contributed by atoms with Crippen LogP contribution >= 0.6 is 35.4 Å². The number of rotatable bonds is 4. The van der Waals surface area contributed by atoms with E-state index >= 15 is 0 Å². The van der Waals surface area contributed by atoms with Crippen molar-refractivity contribution in [2.45, 2.75) is 13.0 Å². The lowest BCUT2D eigenvalue weighted by Gasteiger charge is -2.29. The third-order valence-electron chi connectivity index (χ3n) is 3.54. The number of hydrogen-bond donors (Lipinski definition) is 1. The highest BCUT2D eigenvalue weighted by molar-refractivity contribution is 7.80. The quantitative estimate of drug-likeness (QED) is 0.810. The number of halogens is 2. The van der Waals surface area contributed by atoms with Crippen molar-refractivity contribution in [3.8, 4) is 0 Å². The molecule has 21 heavy (non-hydrogen) atoms. The molecule has 0 amide bonds. The average molecular weight is 339 g/mol. The summed E-state index contributed by atoms with van der Waals surface area (Å²) in [5.41, 5.74) is 8.70. The first-order valence-corrected chi connectivity index (χ1v) is 7.64. The van der Waals surface area contributed by atoms with Crippen LogP contribution in [-0.4, -0.2) is 12.0 Å². The number of anilines is 1. The van der Waals surface area contributed by atoms with Gasteiger partial charge in [-0.2, -0.15) is 0 Å². The summed E-state index contributed by atoms with van der Waals surface area (Å²) in [5.74, 6) is 0. The molecule has 1 atom stereocenters. The minimum Gasteiger partial charge on any atom is -0.389 e. The number of hydrogen-bond acceptors (Lipinski definition) is 2. The van der Waals surface area contributed by atoms with Gasteiger partial charge in [0.25, 0.3) is 0 Å². The highest BCUT2D eigenvalue weighted by atomic mass is 35.5. The van der Waals surface area contributed by atoms with E-state index in [9.17, 15) is 0 Å². The van der Waals surface area contributed by atoms with Crippen molar-refractivity contribution in [3.63, 3.8) is 0 Å². The number of nitrogens with two attached hydrogens (primary N) is 1. The fourth-order valence-corrected chi connectivity index (χ4v) is 2.65. The van der Waals surface area contributed by atoms with E-state index in [0.717, 1.165) is 21.8 Å². The summed E-state index contributed by atoms with van der Waals surface area (Å²) in [7, 11) is 2.00. The largest absolute Gasteiger partial charge is 0.389 e. The van der Waals surface area contributed by atoms with Gasteiger partial charge in [-0.15, -0.1) is 0 Å². The maximum Gasteiger partial charge on any atom is 0.106 e. The molecule has 0 saturated heterocycles. The average Bonchev–Trinajstić information content (AvgIpc) is 2.46. The monoisotopic (exact) mass is 338 g/mol. The fourth-order valence-electron chi connectivity index (χ4n) is 2.19. The molecule has 0 aliphatic rings. The van der Waals surface area contributed by atoms with Crippen molar-refractivity contribution in [2.24, 2.45) is 5.73 Å². The van der Waals surface area contributed by atoms with Crippen LogP contribution in [0.3, 0.4) is 0 Å². The van der Waals surface area contributed by atoms with Gasteiger partial charge in [-0.05, 0) is 42.8 Å². The van der Waals surface area contributed by atoms with Gasteiger partial charge in [-0.25, -0.2) is 0 Å². The lowest BCUT2D eigenvalue weighted by molar-refractivity contribution is 0.739. The minimum absolute atomic E-state index is 0.150. The first-order chi connectivity index (χ1) is 9.90. The van der Waals surface area contributed by atoms with Crippen molar-refractivity contribution in [2.75, 3.05) is 11.9 Å². The van der Waals surface area contributed by atoms with Crippen molar-refractivity contribution in [1.29, 1.82) is 0 Å². The molecule has 0 aromatic heterocycles. The van der Waals surface area contributed by atoms with Crippen LogP contribution in [0.25, 0.3) is 0 Å². The summed E-state index contributed by atoms with van der Waals surface area (Å²) < 4.78 is 0. The molecule has 2 aromatic rings. The molecule has 0 radical (unpaired) electrons. The van der Waals surface area contributed by atoms with Crippen LogP contribution in [0.5, 0.6) is 0 Å². The van der Waals surface area contributed by atoms with Crippen LogP contribution in [-0.2, 0) is 0 Å². The topological polar surface area (TPSA) is 29.3 Å². The van der Waals surface area contributed by atoms with Gasteiger partial charge in [0.2, 0.25) is 0 Å². The predicted molar refractivity (Wildman–Crippen MR) is 95.6 cm³/mol. The van der Waals surface area contributed by atoms with Crippen LogP contribution in [0, 0.1) is 0 Å². The Bertz CT molecular complexity index is 656. The summed E-state index contributed by atoms with van der Waals surface area (Å²) in [6.45, 7) is 2.11. The normalized spacial score (nSPS) is 12.0. The van der Waals surface area contributed by atoms with Crippen molar-refractivity contribution in [1.82, 2.24) is 0 Å². The maximum absolute atomic E-state index is 6.03. The summed E-state index contributed by atoms with van der Waals surface area (Å²) in [6, 6.07) is 13.5. The Labute approximate surface area is 140 Å². The maximum atomic E-state index is 6.03. The van der Waals surface area contributed by atoms with Gasteiger partial charge in [0, 0.05) is 28.3 Å². The van der Waals surface area contributed by atoms with Gasteiger partial charge in [-0.3, -0.25) is 0 Å². The van der Waals surface area contributed by atoms with Crippen molar-refractivity contribution in [3.05, 3.63) is 63.6 Å². The molecule has 2 rings (SSSR count). The van der Waals surface area contributed by atoms with E-state index < -0.39 is 0 Å². The lowest BCUT2D eigenvalue weighted by Crippen LogP contribution is -2.25. The van der Waals surface area contributed by atoms with Gasteiger partial charge >= 0.3 is 0 Å². The zero-order chi connectivity index (χ0) is 15.6. The second-order valence-electron chi connectivity index (χ2n) is 4.86. The molecule has 1 unspecified atom stereocenters. The van der Waals surface area contributed by atoms with Crippen LogP contribution < -0.4 is 10.6 Å². The van der Waals surface area contributed by atoms with Gasteiger partial charge in [-0.1, -0.05) is 47.6 Å². The van der Waals surface area contributed by atoms with E-state index in [-0.39, 0.29) is 6.04 Å². The first-order valence-electron chi connectivity index (χ1n) is 6.48. The van der Waals surface area contributed by atoms with E-state index in [4.69, 9.17) is 41.2 Å². The third-order valence-corrected chi connectivity index (χ3v) is 4.24.